The third-order valence-electron chi connectivity index (χ3n) is 3.88. The Hall–Kier alpha value is -3.06. The van der Waals surface area contributed by atoms with Crippen LogP contribution in [0.25, 0.3) is 21.0 Å². The number of nitrogens with zero attached hydrogens (tertiary/aromatic N) is 2. The van der Waals surface area contributed by atoms with E-state index in [1.165, 1.54) is 0 Å². The zero-order valence-electron chi connectivity index (χ0n) is 13.2. The van der Waals surface area contributed by atoms with Crippen LogP contribution in [0.3, 0.4) is 0 Å². The summed E-state index contributed by atoms with van der Waals surface area (Å²) in [6.07, 6.45) is 0.0994. The number of benzene rings is 2. The fourth-order valence-corrected chi connectivity index (χ4v) is 3.60. The molecule has 25 heavy (non-hydrogen) atoms. The van der Waals surface area contributed by atoms with Crippen molar-refractivity contribution < 1.29 is 4.79 Å². The Balaban J connectivity index is 1.49. The molecule has 2 aromatic heterocycles. The number of fused-ring (bicyclic) bond motifs is 2. The predicted molar refractivity (Wildman–Crippen MR) is 97.5 cm³/mol. The van der Waals surface area contributed by atoms with Crippen LogP contribution < -0.4 is 10.9 Å². The number of hydrogen-bond donors (Lipinski definition) is 2. The van der Waals surface area contributed by atoms with Crippen molar-refractivity contribution in [1.82, 2.24) is 20.5 Å². The maximum Gasteiger partial charge on any atom is 0.272 e. The molecule has 124 valence electrons. The van der Waals surface area contributed by atoms with Crippen LogP contribution in [0.2, 0.25) is 0 Å². The summed E-state index contributed by atoms with van der Waals surface area (Å²) in [4.78, 5) is 28.5. The van der Waals surface area contributed by atoms with Crippen LogP contribution in [0.15, 0.2) is 53.3 Å². The first-order valence-corrected chi connectivity index (χ1v) is 8.60. The molecule has 4 rings (SSSR count). The lowest BCUT2D eigenvalue weighted by molar-refractivity contribution is -0.120. The molecule has 2 N–H and O–H groups in total. The van der Waals surface area contributed by atoms with Gasteiger partial charge in [0, 0.05) is 5.39 Å². The summed E-state index contributed by atoms with van der Waals surface area (Å²) in [5, 5.41) is 11.4. The highest BCUT2D eigenvalue weighted by molar-refractivity contribution is 7.18. The fraction of sp³-hybridized carbons (Fsp3) is 0.111. The Bertz CT molecular complexity index is 1100. The Morgan fingerprint density at radius 2 is 1.84 bits per heavy atom. The van der Waals surface area contributed by atoms with Gasteiger partial charge in [-0.2, -0.15) is 5.10 Å². The van der Waals surface area contributed by atoms with E-state index >= 15 is 0 Å². The van der Waals surface area contributed by atoms with Gasteiger partial charge in [-0.25, -0.2) is 10.1 Å². The molecule has 0 aliphatic rings. The minimum Gasteiger partial charge on any atom is -0.349 e. The van der Waals surface area contributed by atoms with Crippen molar-refractivity contribution in [3.05, 3.63) is 69.6 Å². The molecule has 0 spiro atoms. The van der Waals surface area contributed by atoms with Gasteiger partial charge in [0.2, 0.25) is 5.91 Å². The van der Waals surface area contributed by atoms with E-state index in [1.54, 1.807) is 29.5 Å². The molecule has 0 saturated carbocycles. The second-order valence-electron chi connectivity index (χ2n) is 5.57. The van der Waals surface area contributed by atoms with Crippen LogP contribution in [0.1, 0.15) is 10.7 Å². The number of rotatable bonds is 4. The highest BCUT2D eigenvalue weighted by Crippen LogP contribution is 2.21. The van der Waals surface area contributed by atoms with Crippen LogP contribution in [0.5, 0.6) is 0 Å². The van der Waals surface area contributed by atoms with Crippen molar-refractivity contribution in [2.24, 2.45) is 0 Å². The molecule has 0 unspecified atom stereocenters. The van der Waals surface area contributed by atoms with Gasteiger partial charge in [-0.15, -0.1) is 11.3 Å². The number of amides is 1. The number of aromatic nitrogens is 3. The van der Waals surface area contributed by atoms with Crippen LogP contribution in [0.4, 0.5) is 0 Å². The molecule has 2 heterocycles. The van der Waals surface area contributed by atoms with Crippen LogP contribution >= 0.6 is 11.3 Å². The van der Waals surface area contributed by atoms with Crippen LogP contribution in [0, 0.1) is 0 Å². The van der Waals surface area contributed by atoms with Crippen LogP contribution in [-0.4, -0.2) is 21.1 Å². The average Bonchev–Trinajstić information content (AvgIpc) is 3.06. The molecule has 4 aromatic rings. The molecule has 7 heteroatoms. The van der Waals surface area contributed by atoms with E-state index in [1.807, 2.05) is 30.3 Å². The topological polar surface area (TPSA) is 87.7 Å². The van der Waals surface area contributed by atoms with Crippen molar-refractivity contribution in [1.29, 1.82) is 0 Å². The van der Waals surface area contributed by atoms with Gasteiger partial charge in [0.15, 0.2) is 0 Å². The predicted octanol–water partition coefficient (Wildman–Crippen LogP) is 2.39. The summed E-state index contributed by atoms with van der Waals surface area (Å²) in [6.45, 7) is 0.374. The summed E-state index contributed by atoms with van der Waals surface area (Å²) in [7, 11) is 0. The van der Waals surface area contributed by atoms with Gasteiger partial charge in [-0.1, -0.05) is 30.3 Å². The second kappa shape index (κ2) is 6.45. The standard InChI is InChI=1S/C18H14N4O2S/c23-16(19-10-17-20-13-7-3-4-8-15(13)25-17)9-14-11-5-1-2-6-12(11)18(24)22-21-14/h1-8H,9-10H2,(H,19,23)(H,22,24). The minimum absolute atomic E-state index is 0.0994. The first-order valence-electron chi connectivity index (χ1n) is 7.78. The lowest BCUT2D eigenvalue weighted by Crippen LogP contribution is -2.25. The summed E-state index contributed by atoms with van der Waals surface area (Å²) in [6, 6.07) is 15.0. The molecule has 1 amide bonds. The third-order valence-corrected chi connectivity index (χ3v) is 4.91. The number of thiazole rings is 1. The molecular formula is C18H14N4O2S. The van der Waals surface area contributed by atoms with Crippen molar-refractivity contribution >= 4 is 38.2 Å². The first-order chi connectivity index (χ1) is 12.2. The number of para-hydroxylation sites is 1. The van der Waals surface area contributed by atoms with Gasteiger partial charge < -0.3 is 5.32 Å². The number of nitrogens with one attached hydrogen (secondary N) is 2. The van der Waals surface area contributed by atoms with Gasteiger partial charge in [-0.05, 0) is 18.2 Å². The van der Waals surface area contributed by atoms with E-state index in [-0.39, 0.29) is 17.9 Å². The van der Waals surface area contributed by atoms with Gasteiger partial charge >= 0.3 is 0 Å². The summed E-state index contributed by atoms with van der Waals surface area (Å²) in [5.41, 5.74) is 1.23. The normalized spacial score (nSPS) is 11.0. The number of H-pyrrole nitrogens is 1. The molecule has 2 aromatic carbocycles. The Labute approximate surface area is 146 Å². The van der Waals surface area contributed by atoms with Gasteiger partial charge in [0.1, 0.15) is 5.01 Å². The molecule has 0 radical (unpaired) electrons. The second-order valence-corrected chi connectivity index (χ2v) is 6.69. The van der Waals surface area contributed by atoms with Gasteiger partial charge in [-0.3, -0.25) is 9.59 Å². The molecule has 0 aliphatic heterocycles. The van der Waals surface area contributed by atoms with Crippen molar-refractivity contribution in [3.63, 3.8) is 0 Å². The van der Waals surface area contributed by atoms with E-state index in [9.17, 15) is 9.59 Å². The van der Waals surface area contributed by atoms with Crippen LogP contribution in [-0.2, 0) is 17.8 Å². The van der Waals surface area contributed by atoms with E-state index in [4.69, 9.17) is 0 Å². The number of carbonyl (C=O) groups is 1. The number of hydrogen-bond acceptors (Lipinski definition) is 5. The lowest BCUT2D eigenvalue weighted by atomic mass is 10.1. The number of aromatic amines is 1. The summed E-state index contributed by atoms with van der Waals surface area (Å²) >= 11 is 1.56. The lowest BCUT2D eigenvalue weighted by Gasteiger charge is -2.05. The Kier molecular flexibility index (Phi) is 3.99. The minimum atomic E-state index is -0.255. The molecule has 6 nitrogen and oxygen atoms in total. The molecular weight excluding hydrogens is 336 g/mol. The highest BCUT2D eigenvalue weighted by Gasteiger charge is 2.11. The fourth-order valence-electron chi connectivity index (χ4n) is 2.69. The Morgan fingerprint density at radius 3 is 2.68 bits per heavy atom. The SMILES string of the molecule is O=C(Cc1n[nH]c(=O)c2ccccc12)NCc1nc2ccccc2s1. The zero-order valence-corrected chi connectivity index (χ0v) is 14.0. The van der Waals surface area contributed by atoms with Gasteiger partial charge in [0.25, 0.3) is 5.56 Å². The zero-order chi connectivity index (χ0) is 17.2. The maximum absolute atomic E-state index is 12.3. The average molecular weight is 350 g/mol. The molecule has 0 atom stereocenters. The molecule has 0 aliphatic carbocycles. The Morgan fingerprint density at radius 1 is 1.08 bits per heavy atom. The summed E-state index contributed by atoms with van der Waals surface area (Å²) < 4.78 is 1.10. The monoisotopic (exact) mass is 350 g/mol. The first kappa shape index (κ1) is 15.5. The maximum atomic E-state index is 12.3. The van der Waals surface area contributed by atoms with Crippen molar-refractivity contribution in [2.75, 3.05) is 0 Å². The molecule has 0 fully saturated rings. The van der Waals surface area contributed by atoms with Crippen molar-refractivity contribution in [2.45, 2.75) is 13.0 Å². The van der Waals surface area contributed by atoms with E-state index < -0.39 is 0 Å². The summed E-state index contributed by atoms with van der Waals surface area (Å²) in [5.74, 6) is -0.163. The molecule has 0 bridgehead atoms. The number of carbonyl (C=O) groups excluding carboxylic acids is 1. The van der Waals surface area contributed by atoms with Gasteiger partial charge in [0.05, 0.1) is 34.3 Å². The van der Waals surface area contributed by atoms with E-state index in [2.05, 4.69) is 20.5 Å². The highest BCUT2D eigenvalue weighted by atomic mass is 32.1. The van der Waals surface area contributed by atoms with Crippen molar-refractivity contribution in [3.8, 4) is 0 Å². The quantitative estimate of drug-likeness (QED) is 0.591. The smallest absolute Gasteiger partial charge is 0.272 e. The third kappa shape index (κ3) is 3.14. The van der Waals surface area contributed by atoms with E-state index in [0.717, 1.165) is 15.2 Å². The van der Waals surface area contributed by atoms with E-state index in [0.29, 0.717) is 23.0 Å². The largest absolute Gasteiger partial charge is 0.349 e. The molecule has 0 saturated heterocycles.